The van der Waals surface area contributed by atoms with Gasteiger partial charge < -0.3 is 6.74 Å². The molecule has 86 valence electrons. The number of anilines is 1. The van der Waals surface area contributed by atoms with Crippen molar-refractivity contribution in [1.29, 1.82) is 0 Å². The number of benzene rings is 2. The van der Waals surface area contributed by atoms with Crippen molar-refractivity contribution in [2.75, 3.05) is 11.2 Å². The molecule has 6 heteroatoms. The molecule has 0 saturated heterocycles. The van der Waals surface area contributed by atoms with Crippen molar-refractivity contribution in [3.63, 3.8) is 0 Å². The summed E-state index contributed by atoms with van der Waals surface area (Å²) in [5, 5.41) is 4.63. The number of rotatable bonds is 3. The molecule has 0 atom stereocenters. The Kier molecular flexibility index (Phi) is 4.97. The molecule has 4 nitrogen and oxygen atoms in total. The minimum Gasteiger partial charge on any atom is -1.00 e. The SMILES string of the molecule is O=S(=O)(O)CNc1cccc2ccccc12.[H-].[Na+]. The van der Waals surface area contributed by atoms with Gasteiger partial charge in [0, 0.05) is 11.1 Å². The Balaban J connectivity index is 0.00000144. The quantitative estimate of drug-likeness (QED) is 0.561. The van der Waals surface area contributed by atoms with E-state index in [-0.39, 0.29) is 31.0 Å². The normalized spacial score (nSPS) is 10.9. The average Bonchev–Trinajstić information content (AvgIpc) is 2.25. The Labute approximate surface area is 124 Å². The van der Waals surface area contributed by atoms with Crippen molar-refractivity contribution in [2.24, 2.45) is 0 Å². The summed E-state index contributed by atoms with van der Waals surface area (Å²) in [5.74, 6) is -0.485. The molecule has 0 aromatic heterocycles. The van der Waals surface area contributed by atoms with Gasteiger partial charge >= 0.3 is 29.6 Å². The van der Waals surface area contributed by atoms with Crippen molar-refractivity contribution in [1.82, 2.24) is 0 Å². The Bertz CT molecular complexity index is 613. The summed E-state index contributed by atoms with van der Waals surface area (Å²) in [6.45, 7) is 0. The van der Waals surface area contributed by atoms with Gasteiger partial charge in [-0.3, -0.25) is 4.55 Å². The molecule has 0 saturated carbocycles. The van der Waals surface area contributed by atoms with E-state index >= 15 is 0 Å². The first-order valence-corrected chi connectivity index (χ1v) is 6.34. The standard InChI is InChI=1S/C11H11NO3S.Na.H/c13-16(14,15)8-12-11-7-3-5-9-4-1-2-6-10(9)11;;/h1-7,12H,8H2,(H,13,14,15);;/q;+1;-1. The van der Waals surface area contributed by atoms with Crippen LogP contribution in [0.4, 0.5) is 5.69 Å². The molecule has 2 aromatic rings. The van der Waals surface area contributed by atoms with E-state index in [0.29, 0.717) is 5.69 Å². The first kappa shape index (κ1) is 14.5. The first-order valence-electron chi connectivity index (χ1n) is 4.73. The van der Waals surface area contributed by atoms with E-state index in [2.05, 4.69) is 5.32 Å². The molecule has 2 N–H and O–H groups in total. The zero-order valence-electron chi connectivity index (χ0n) is 10.4. The summed E-state index contributed by atoms with van der Waals surface area (Å²) in [6.07, 6.45) is 0. The summed E-state index contributed by atoms with van der Waals surface area (Å²) in [6, 6.07) is 13.2. The topological polar surface area (TPSA) is 66.4 Å². The molecule has 0 radical (unpaired) electrons. The second-order valence-corrected chi connectivity index (χ2v) is 4.88. The molecular weight excluding hydrogens is 249 g/mol. The largest absolute Gasteiger partial charge is 1.00 e. The van der Waals surface area contributed by atoms with Crippen LogP contribution in [0.15, 0.2) is 42.5 Å². The summed E-state index contributed by atoms with van der Waals surface area (Å²) in [7, 11) is -4.00. The van der Waals surface area contributed by atoms with Gasteiger partial charge in [-0.05, 0) is 11.5 Å². The van der Waals surface area contributed by atoms with Crippen molar-refractivity contribution < 1.29 is 44.0 Å². The van der Waals surface area contributed by atoms with Gasteiger partial charge in [0.1, 0.15) is 5.88 Å². The molecule has 0 aliphatic heterocycles. The summed E-state index contributed by atoms with van der Waals surface area (Å²) < 4.78 is 29.9. The van der Waals surface area contributed by atoms with E-state index in [1.165, 1.54) is 0 Å². The molecule has 0 unspecified atom stereocenters. The van der Waals surface area contributed by atoms with Gasteiger partial charge in [0.05, 0.1) is 0 Å². The number of hydrogen-bond donors (Lipinski definition) is 2. The average molecular weight is 261 g/mol. The van der Waals surface area contributed by atoms with Gasteiger partial charge in [0.15, 0.2) is 0 Å². The van der Waals surface area contributed by atoms with E-state index in [1.54, 1.807) is 6.07 Å². The third-order valence-electron chi connectivity index (χ3n) is 2.23. The van der Waals surface area contributed by atoms with E-state index in [0.717, 1.165) is 10.8 Å². The molecule has 17 heavy (non-hydrogen) atoms. The molecule has 0 aliphatic carbocycles. The fourth-order valence-corrected chi connectivity index (χ4v) is 1.89. The molecule has 0 bridgehead atoms. The maximum Gasteiger partial charge on any atom is 1.00 e. The van der Waals surface area contributed by atoms with Crippen LogP contribution in [0.2, 0.25) is 0 Å². The van der Waals surface area contributed by atoms with Gasteiger partial charge in [-0.1, -0.05) is 36.4 Å². The summed E-state index contributed by atoms with van der Waals surface area (Å²) >= 11 is 0. The molecule has 0 fully saturated rings. The molecule has 2 aromatic carbocycles. The molecule has 0 amide bonds. The second-order valence-electron chi connectivity index (χ2n) is 3.43. The van der Waals surface area contributed by atoms with Crippen molar-refractivity contribution >= 4 is 26.6 Å². The molecule has 2 rings (SSSR count). The maximum atomic E-state index is 10.6. The van der Waals surface area contributed by atoms with Gasteiger partial charge in [-0.2, -0.15) is 8.42 Å². The third kappa shape index (κ3) is 3.97. The Morgan fingerprint density at radius 3 is 2.47 bits per heavy atom. The van der Waals surface area contributed by atoms with Crippen LogP contribution in [0, 0.1) is 0 Å². The third-order valence-corrected chi connectivity index (χ3v) is 2.74. The predicted octanol–water partition coefficient (Wildman–Crippen LogP) is -0.786. The Morgan fingerprint density at radius 2 is 1.76 bits per heavy atom. The van der Waals surface area contributed by atoms with Gasteiger partial charge in [-0.25, -0.2) is 0 Å². The number of nitrogens with one attached hydrogen (secondary N) is 1. The summed E-state index contributed by atoms with van der Waals surface area (Å²) in [4.78, 5) is 0. The summed E-state index contributed by atoms with van der Waals surface area (Å²) in [5.41, 5.74) is 0.690. The predicted molar refractivity (Wildman–Crippen MR) is 65.1 cm³/mol. The molecule has 0 spiro atoms. The smallest absolute Gasteiger partial charge is 1.00 e. The van der Waals surface area contributed by atoms with Crippen LogP contribution in [0.3, 0.4) is 0 Å². The minimum absolute atomic E-state index is 0. The second kappa shape index (κ2) is 5.84. The van der Waals surface area contributed by atoms with Crippen LogP contribution < -0.4 is 34.9 Å². The minimum atomic E-state index is -4.00. The zero-order chi connectivity index (χ0) is 11.6. The fourth-order valence-electron chi connectivity index (χ4n) is 1.55. The van der Waals surface area contributed by atoms with E-state index in [9.17, 15) is 8.42 Å². The maximum absolute atomic E-state index is 10.6. The van der Waals surface area contributed by atoms with Crippen LogP contribution in [-0.4, -0.2) is 18.8 Å². The van der Waals surface area contributed by atoms with Crippen LogP contribution in [0.1, 0.15) is 1.43 Å². The van der Waals surface area contributed by atoms with Crippen LogP contribution in [0.25, 0.3) is 10.8 Å². The number of hydrogen-bond acceptors (Lipinski definition) is 3. The zero-order valence-corrected chi connectivity index (χ0v) is 12.2. The van der Waals surface area contributed by atoms with Crippen LogP contribution in [0.5, 0.6) is 0 Å². The van der Waals surface area contributed by atoms with Crippen LogP contribution in [-0.2, 0) is 10.1 Å². The monoisotopic (exact) mass is 261 g/mol. The fraction of sp³-hybridized carbons (Fsp3) is 0.0909. The van der Waals surface area contributed by atoms with Crippen molar-refractivity contribution in [2.45, 2.75) is 0 Å². The van der Waals surface area contributed by atoms with Crippen molar-refractivity contribution in [3.05, 3.63) is 42.5 Å². The van der Waals surface area contributed by atoms with E-state index in [1.807, 2.05) is 36.4 Å². The van der Waals surface area contributed by atoms with E-state index in [4.69, 9.17) is 4.55 Å². The first-order chi connectivity index (χ1) is 7.56. The van der Waals surface area contributed by atoms with Crippen molar-refractivity contribution in [3.8, 4) is 0 Å². The molecular formula is C11H12NNaO3S. The van der Waals surface area contributed by atoms with Gasteiger partial charge in [0.25, 0.3) is 10.1 Å². The molecule has 0 heterocycles. The molecule has 0 aliphatic rings. The van der Waals surface area contributed by atoms with Gasteiger partial charge in [0.2, 0.25) is 0 Å². The Morgan fingerprint density at radius 1 is 1.12 bits per heavy atom. The van der Waals surface area contributed by atoms with Crippen LogP contribution >= 0.6 is 0 Å². The number of fused-ring (bicyclic) bond motifs is 1. The van der Waals surface area contributed by atoms with E-state index < -0.39 is 16.0 Å². The Hall–Kier alpha value is -0.590. The van der Waals surface area contributed by atoms with Gasteiger partial charge in [-0.15, -0.1) is 0 Å².